The summed E-state index contributed by atoms with van der Waals surface area (Å²) in [5.74, 6) is -2.89. The highest BCUT2D eigenvalue weighted by Crippen LogP contribution is 2.31. The lowest BCUT2D eigenvalue weighted by Gasteiger charge is -2.17. The van der Waals surface area contributed by atoms with Crippen LogP contribution in [0, 0.1) is 17.6 Å². The lowest BCUT2D eigenvalue weighted by molar-refractivity contribution is -0.117. The number of hydrogen-bond acceptors (Lipinski definition) is 2. The van der Waals surface area contributed by atoms with Crippen molar-refractivity contribution in [2.24, 2.45) is 5.92 Å². The molecule has 1 aliphatic rings. The Morgan fingerprint density at radius 2 is 2.12 bits per heavy atom. The minimum atomic E-state index is -1.04. The molecule has 1 aromatic carbocycles. The molecule has 5 heteroatoms. The molecule has 0 aromatic heterocycles. The summed E-state index contributed by atoms with van der Waals surface area (Å²) in [6, 6.07) is 1.49. The van der Waals surface area contributed by atoms with Gasteiger partial charge in [-0.1, -0.05) is 6.08 Å². The molecule has 0 aliphatic carbocycles. The number of carbonyl (C=O) groups is 1. The second-order valence-electron chi connectivity index (χ2n) is 3.96. The Hall–Kier alpha value is -1.91. The summed E-state index contributed by atoms with van der Waals surface area (Å²) < 4.78 is 26.4. The summed E-state index contributed by atoms with van der Waals surface area (Å²) in [7, 11) is 0. The highest BCUT2D eigenvalue weighted by molar-refractivity contribution is 5.96. The Balaban J connectivity index is 2.38. The van der Waals surface area contributed by atoms with Crippen LogP contribution in [0.2, 0.25) is 0 Å². The van der Waals surface area contributed by atoms with Crippen LogP contribution in [0.15, 0.2) is 24.8 Å². The van der Waals surface area contributed by atoms with Gasteiger partial charge < -0.3 is 10.0 Å². The maximum atomic E-state index is 13.5. The normalized spacial score (nSPS) is 19.8. The standard InChI is InChI=1S/C12H11F2NO2/c1-2-7-3-12(17)15(6-7)10-5-11(16)9(14)4-8(10)13/h2,4-5,7,16H,1,3,6H2. The van der Waals surface area contributed by atoms with Crippen LogP contribution in [0.5, 0.6) is 5.75 Å². The fraction of sp³-hybridized carbons (Fsp3) is 0.250. The predicted octanol–water partition coefficient (Wildman–Crippen LogP) is 2.21. The van der Waals surface area contributed by atoms with Crippen molar-refractivity contribution in [1.82, 2.24) is 0 Å². The van der Waals surface area contributed by atoms with E-state index in [1.54, 1.807) is 6.08 Å². The molecular formula is C12H11F2NO2. The van der Waals surface area contributed by atoms with E-state index in [-0.39, 0.29) is 23.9 Å². The molecule has 1 aromatic rings. The van der Waals surface area contributed by atoms with Gasteiger partial charge in [0.2, 0.25) is 5.91 Å². The van der Waals surface area contributed by atoms with E-state index in [0.29, 0.717) is 12.6 Å². The first-order chi connectivity index (χ1) is 8.02. The number of aromatic hydroxyl groups is 1. The molecule has 0 radical (unpaired) electrons. The second-order valence-corrected chi connectivity index (χ2v) is 3.96. The molecule has 1 N–H and O–H groups in total. The van der Waals surface area contributed by atoms with E-state index in [0.717, 1.165) is 6.07 Å². The third kappa shape index (κ3) is 2.00. The van der Waals surface area contributed by atoms with Gasteiger partial charge in [0.1, 0.15) is 5.82 Å². The zero-order valence-electron chi connectivity index (χ0n) is 8.99. The largest absolute Gasteiger partial charge is 0.505 e. The van der Waals surface area contributed by atoms with Crippen LogP contribution in [0.3, 0.4) is 0 Å². The van der Waals surface area contributed by atoms with Crippen molar-refractivity contribution in [3.63, 3.8) is 0 Å². The molecule has 1 amide bonds. The zero-order chi connectivity index (χ0) is 12.6. The quantitative estimate of drug-likeness (QED) is 0.804. The van der Waals surface area contributed by atoms with Crippen molar-refractivity contribution in [1.29, 1.82) is 0 Å². The topological polar surface area (TPSA) is 40.5 Å². The monoisotopic (exact) mass is 239 g/mol. The van der Waals surface area contributed by atoms with E-state index in [2.05, 4.69) is 6.58 Å². The third-order valence-corrected chi connectivity index (χ3v) is 2.80. The van der Waals surface area contributed by atoms with Crippen molar-refractivity contribution < 1.29 is 18.7 Å². The highest BCUT2D eigenvalue weighted by atomic mass is 19.1. The predicted molar refractivity (Wildman–Crippen MR) is 58.7 cm³/mol. The number of carbonyl (C=O) groups excluding carboxylic acids is 1. The number of halogens is 2. The van der Waals surface area contributed by atoms with Crippen LogP contribution < -0.4 is 4.90 Å². The first-order valence-corrected chi connectivity index (χ1v) is 5.14. The summed E-state index contributed by atoms with van der Waals surface area (Å²) >= 11 is 0. The fourth-order valence-electron chi connectivity index (χ4n) is 1.86. The number of benzene rings is 1. The Kier molecular flexibility index (Phi) is 2.83. The molecule has 1 unspecified atom stereocenters. The smallest absolute Gasteiger partial charge is 0.227 e. The SMILES string of the molecule is C=CC1CC(=O)N(c2cc(O)c(F)cc2F)C1. The molecule has 3 nitrogen and oxygen atoms in total. The average molecular weight is 239 g/mol. The van der Waals surface area contributed by atoms with E-state index in [4.69, 9.17) is 0 Å². The summed E-state index contributed by atoms with van der Waals surface area (Å²) in [6.45, 7) is 3.87. The molecule has 0 saturated carbocycles. The minimum Gasteiger partial charge on any atom is -0.505 e. The van der Waals surface area contributed by atoms with Crippen molar-refractivity contribution in [3.05, 3.63) is 36.4 Å². The molecule has 1 saturated heterocycles. The number of nitrogens with zero attached hydrogens (tertiary/aromatic N) is 1. The summed E-state index contributed by atoms with van der Waals surface area (Å²) in [5.41, 5.74) is -0.0988. The van der Waals surface area contributed by atoms with Crippen LogP contribution in [0.1, 0.15) is 6.42 Å². The first-order valence-electron chi connectivity index (χ1n) is 5.14. The third-order valence-electron chi connectivity index (χ3n) is 2.80. The fourth-order valence-corrected chi connectivity index (χ4v) is 1.86. The van der Waals surface area contributed by atoms with E-state index < -0.39 is 17.4 Å². The van der Waals surface area contributed by atoms with Gasteiger partial charge in [-0.25, -0.2) is 8.78 Å². The molecule has 17 heavy (non-hydrogen) atoms. The van der Waals surface area contributed by atoms with E-state index in [9.17, 15) is 18.7 Å². The van der Waals surface area contributed by atoms with Gasteiger partial charge in [-0.2, -0.15) is 0 Å². The Bertz CT molecular complexity index is 488. The van der Waals surface area contributed by atoms with Gasteiger partial charge in [-0.3, -0.25) is 4.79 Å². The van der Waals surface area contributed by atoms with Crippen LogP contribution in [0.25, 0.3) is 0 Å². The Morgan fingerprint density at radius 1 is 1.41 bits per heavy atom. The molecule has 1 atom stereocenters. The van der Waals surface area contributed by atoms with Crippen LogP contribution in [-0.2, 0) is 4.79 Å². The second kappa shape index (κ2) is 4.16. The molecule has 0 bridgehead atoms. The van der Waals surface area contributed by atoms with Gasteiger partial charge >= 0.3 is 0 Å². The summed E-state index contributed by atoms with van der Waals surface area (Å²) in [5, 5.41) is 9.19. The van der Waals surface area contributed by atoms with Gasteiger partial charge in [0, 0.05) is 31.0 Å². The van der Waals surface area contributed by atoms with Crippen molar-refractivity contribution in [2.45, 2.75) is 6.42 Å². The number of anilines is 1. The number of phenols is 1. The van der Waals surface area contributed by atoms with Gasteiger partial charge in [0.15, 0.2) is 11.6 Å². The number of phenolic OH excluding ortho intramolecular Hbond substituents is 1. The average Bonchev–Trinajstić information content (AvgIpc) is 2.65. The Morgan fingerprint density at radius 3 is 2.71 bits per heavy atom. The summed E-state index contributed by atoms with van der Waals surface area (Å²) in [4.78, 5) is 12.8. The van der Waals surface area contributed by atoms with Crippen LogP contribution >= 0.6 is 0 Å². The van der Waals surface area contributed by atoms with Crippen molar-refractivity contribution in [2.75, 3.05) is 11.4 Å². The number of amides is 1. The van der Waals surface area contributed by atoms with Gasteiger partial charge in [0.05, 0.1) is 5.69 Å². The van der Waals surface area contributed by atoms with E-state index >= 15 is 0 Å². The number of hydrogen-bond donors (Lipinski definition) is 1. The van der Waals surface area contributed by atoms with Crippen molar-refractivity contribution >= 4 is 11.6 Å². The first kappa shape index (κ1) is 11.6. The maximum Gasteiger partial charge on any atom is 0.227 e. The van der Waals surface area contributed by atoms with Crippen molar-refractivity contribution in [3.8, 4) is 5.75 Å². The molecule has 1 heterocycles. The minimum absolute atomic E-state index is 0.0471. The molecule has 1 aliphatic heterocycles. The molecular weight excluding hydrogens is 228 g/mol. The van der Waals surface area contributed by atoms with E-state index in [1.807, 2.05) is 0 Å². The lowest BCUT2D eigenvalue weighted by Crippen LogP contribution is -2.25. The van der Waals surface area contributed by atoms with Gasteiger partial charge in [-0.15, -0.1) is 6.58 Å². The van der Waals surface area contributed by atoms with Crippen LogP contribution in [-0.4, -0.2) is 17.6 Å². The molecule has 2 rings (SSSR count). The van der Waals surface area contributed by atoms with E-state index in [1.165, 1.54) is 4.90 Å². The highest BCUT2D eigenvalue weighted by Gasteiger charge is 2.31. The Labute approximate surface area is 97.0 Å². The summed E-state index contributed by atoms with van der Waals surface area (Å²) in [6.07, 6.45) is 1.88. The molecule has 0 spiro atoms. The van der Waals surface area contributed by atoms with Gasteiger partial charge in [0.25, 0.3) is 0 Å². The molecule has 1 fully saturated rings. The van der Waals surface area contributed by atoms with Gasteiger partial charge in [-0.05, 0) is 0 Å². The zero-order valence-corrected chi connectivity index (χ0v) is 8.99. The number of rotatable bonds is 2. The van der Waals surface area contributed by atoms with Crippen LogP contribution in [0.4, 0.5) is 14.5 Å². The lowest BCUT2D eigenvalue weighted by atomic mass is 10.1. The maximum absolute atomic E-state index is 13.5. The molecule has 90 valence electrons.